The summed E-state index contributed by atoms with van der Waals surface area (Å²) in [5.41, 5.74) is 1.87. The van der Waals surface area contributed by atoms with Gasteiger partial charge >= 0.3 is 8.69 Å². The summed E-state index contributed by atoms with van der Waals surface area (Å²) in [7, 11) is -2.86. The molecule has 16 heavy (non-hydrogen) atoms. The van der Waals surface area contributed by atoms with Crippen LogP contribution in [-0.2, 0) is 0 Å². The Labute approximate surface area is 97.5 Å². The summed E-state index contributed by atoms with van der Waals surface area (Å²) in [6, 6.07) is 5.75. The molecule has 1 unspecified atom stereocenters. The molecule has 2 nitrogen and oxygen atoms in total. The van der Waals surface area contributed by atoms with Crippen LogP contribution in [0.4, 0.5) is 4.20 Å². The maximum atomic E-state index is 12.7. The van der Waals surface area contributed by atoms with Gasteiger partial charge in [0.25, 0.3) is 0 Å². The average Bonchev–Trinajstić information content (AvgIpc) is 2.16. The van der Waals surface area contributed by atoms with Gasteiger partial charge in [0.15, 0.2) is 0 Å². The molecule has 0 amide bonds. The lowest BCUT2D eigenvalue weighted by molar-refractivity contribution is 0.426. The van der Waals surface area contributed by atoms with Crippen LogP contribution in [0.2, 0.25) is 0 Å². The standard InChI is InChI=1S/C12H18FO2P/c1-8(2)10-6-5-7-11(9(3)4)12(10)15-16(13)14/h5-9,14H,1-4H3. The fourth-order valence-electron chi connectivity index (χ4n) is 1.66. The summed E-state index contributed by atoms with van der Waals surface area (Å²) in [4.78, 5) is 8.79. The van der Waals surface area contributed by atoms with Gasteiger partial charge in [-0.1, -0.05) is 45.9 Å². The molecule has 1 atom stereocenters. The highest BCUT2D eigenvalue weighted by molar-refractivity contribution is 7.40. The van der Waals surface area contributed by atoms with E-state index in [0.717, 1.165) is 11.1 Å². The van der Waals surface area contributed by atoms with Gasteiger partial charge in [-0.3, -0.25) is 0 Å². The van der Waals surface area contributed by atoms with Crippen LogP contribution >= 0.6 is 8.69 Å². The number of benzene rings is 1. The van der Waals surface area contributed by atoms with Crippen molar-refractivity contribution >= 4 is 8.69 Å². The van der Waals surface area contributed by atoms with Crippen molar-refractivity contribution in [1.82, 2.24) is 0 Å². The summed E-state index contributed by atoms with van der Waals surface area (Å²) in [5.74, 6) is 0.982. The predicted molar refractivity (Wildman–Crippen MR) is 65.5 cm³/mol. The first-order valence-electron chi connectivity index (χ1n) is 5.39. The van der Waals surface area contributed by atoms with E-state index < -0.39 is 8.69 Å². The molecule has 0 bridgehead atoms. The first kappa shape index (κ1) is 13.4. The molecule has 0 saturated carbocycles. The number of para-hydroxylation sites is 1. The highest BCUT2D eigenvalue weighted by Crippen LogP contribution is 2.42. The fraction of sp³-hybridized carbons (Fsp3) is 0.500. The number of halogens is 1. The summed E-state index contributed by atoms with van der Waals surface area (Å²) in [6.45, 7) is 8.07. The van der Waals surface area contributed by atoms with Crippen molar-refractivity contribution in [1.29, 1.82) is 0 Å². The third-order valence-electron chi connectivity index (χ3n) is 2.49. The van der Waals surface area contributed by atoms with Crippen LogP contribution in [0.5, 0.6) is 5.75 Å². The van der Waals surface area contributed by atoms with Crippen molar-refractivity contribution in [2.45, 2.75) is 39.5 Å². The zero-order valence-electron chi connectivity index (χ0n) is 10.1. The minimum Gasteiger partial charge on any atom is -0.423 e. The van der Waals surface area contributed by atoms with Crippen molar-refractivity contribution in [3.8, 4) is 5.75 Å². The van der Waals surface area contributed by atoms with Gasteiger partial charge in [-0.15, -0.1) is 4.20 Å². The van der Waals surface area contributed by atoms with Crippen LogP contribution in [0.15, 0.2) is 18.2 Å². The summed E-state index contributed by atoms with van der Waals surface area (Å²) in [6.07, 6.45) is 0. The van der Waals surface area contributed by atoms with Gasteiger partial charge in [-0.25, -0.2) is 0 Å². The Balaban J connectivity index is 3.23. The number of rotatable bonds is 4. The second-order valence-electron chi connectivity index (χ2n) is 4.39. The quantitative estimate of drug-likeness (QED) is 0.790. The largest absolute Gasteiger partial charge is 0.436 e. The van der Waals surface area contributed by atoms with Gasteiger partial charge in [0.2, 0.25) is 0 Å². The number of hydrogen-bond acceptors (Lipinski definition) is 2. The van der Waals surface area contributed by atoms with E-state index in [2.05, 4.69) is 0 Å². The summed E-state index contributed by atoms with van der Waals surface area (Å²) < 4.78 is 17.6. The van der Waals surface area contributed by atoms with E-state index in [0.29, 0.717) is 5.75 Å². The van der Waals surface area contributed by atoms with Gasteiger partial charge < -0.3 is 9.42 Å². The van der Waals surface area contributed by atoms with Crippen LogP contribution in [0.25, 0.3) is 0 Å². The highest BCUT2D eigenvalue weighted by atomic mass is 31.2. The lowest BCUT2D eigenvalue weighted by Gasteiger charge is -2.18. The second-order valence-corrected chi connectivity index (χ2v) is 5.03. The van der Waals surface area contributed by atoms with Crippen molar-refractivity contribution in [2.75, 3.05) is 0 Å². The lowest BCUT2D eigenvalue weighted by Crippen LogP contribution is -1.99. The van der Waals surface area contributed by atoms with Gasteiger partial charge in [-0.05, 0) is 23.0 Å². The first-order chi connectivity index (χ1) is 7.43. The third-order valence-corrected chi connectivity index (χ3v) is 2.82. The Kier molecular flexibility index (Phi) is 4.69. The monoisotopic (exact) mass is 244 g/mol. The zero-order chi connectivity index (χ0) is 12.3. The fourth-order valence-corrected chi connectivity index (χ4v) is 2.02. The Bertz CT molecular complexity index is 325. The van der Waals surface area contributed by atoms with Gasteiger partial charge in [0.05, 0.1) is 0 Å². The van der Waals surface area contributed by atoms with E-state index in [4.69, 9.17) is 9.42 Å². The maximum absolute atomic E-state index is 12.7. The Hall–Kier alpha value is -0.660. The van der Waals surface area contributed by atoms with Crippen LogP contribution < -0.4 is 4.52 Å². The molecular weight excluding hydrogens is 226 g/mol. The molecule has 0 heterocycles. The maximum Gasteiger partial charge on any atom is 0.436 e. The normalized spacial score (nSPS) is 13.2. The molecule has 0 fully saturated rings. The van der Waals surface area contributed by atoms with Crippen LogP contribution in [0, 0.1) is 0 Å². The molecule has 0 aromatic heterocycles. The van der Waals surface area contributed by atoms with E-state index in [-0.39, 0.29) is 11.8 Å². The topological polar surface area (TPSA) is 29.5 Å². The van der Waals surface area contributed by atoms with Gasteiger partial charge in [0.1, 0.15) is 5.75 Å². The molecular formula is C12H18FO2P. The molecule has 1 N–H and O–H groups in total. The van der Waals surface area contributed by atoms with Gasteiger partial charge in [-0.2, -0.15) is 0 Å². The molecule has 0 radical (unpaired) electrons. The van der Waals surface area contributed by atoms with Crippen molar-refractivity contribution in [3.63, 3.8) is 0 Å². The average molecular weight is 244 g/mol. The van der Waals surface area contributed by atoms with E-state index in [9.17, 15) is 4.20 Å². The molecule has 1 aromatic carbocycles. The molecule has 4 heteroatoms. The Morgan fingerprint density at radius 1 is 1.12 bits per heavy atom. The van der Waals surface area contributed by atoms with Crippen molar-refractivity contribution < 1.29 is 13.6 Å². The minimum atomic E-state index is -2.86. The van der Waals surface area contributed by atoms with Crippen molar-refractivity contribution in [3.05, 3.63) is 29.3 Å². The van der Waals surface area contributed by atoms with Crippen LogP contribution in [0.3, 0.4) is 0 Å². The second kappa shape index (κ2) is 5.60. The Morgan fingerprint density at radius 3 is 1.88 bits per heavy atom. The summed E-state index contributed by atoms with van der Waals surface area (Å²) in [5, 5.41) is 0. The smallest absolute Gasteiger partial charge is 0.423 e. The zero-order valence-corrected chi connectivity index (χ0v) is 11.0. The van der Waals surface area contributed by atoms with Gasteiger partial charge in [0, 0.05) is 0 Å². The van der Waals surface area contributed by atoms with Crippen molar-refractivity contribution in [2.24, 2.45) is 0 Å². The van der Waals surface area contributed by atoms with E-state index in [1.54, 1.807) is 0 Å². The van der Waals surface area contributed by atoms with E-state index in [1.165, 1.54) is 0 Å². The Morgan fingerprint density at radius 2 is 1.56 bits per heavy atom. The molecule has 0 saturated heterocycles. The van der Waals surface area contributed by atoms with E-state index in [1.807, 2.05) is 45.9 Å². The third kappa shape index (κ3) is 3.16. The SMILES string of the molecule is CC(C)c1cccc(C(C)C)c1OP(O)F. The predicted octanol–water partition coefficient (Wildman–Crippen LogP) is 4.50. The molecule has 90 valence electrons. The lowest BCUT2D eigenvalue weighted by atomic mass is 9.94. The molecule has 0 spiro atoms. The van der Waals surface area contributed by atoms with E-state index >= 15 is 0 Å². The summed E-state index contributed by atoms with van der Waals surface area (Å²) >= 11 is 0. The van der Waals surface area contributed by atoms with Crippen LogP contribution in [-0.4, -0.2) is 4.89 Å². The molecule has 1 aromatic rings. The highest BCUT2D eigenvalue weighted by Gasteiger charge is 2.18. The molecule has 0 aliphatic heterocycles. The van der Waals surface area contributed by atoms with Crippen LogP contribution in [0.1, 0.15) is 50.7 Å². The molecule has 1 rings (SSSR count). The molecule has 0 aliphatic rings. The minimum absolute atomic E-state index is 0.239. The molecule has 0 aliphatic carbocycles. The first-order valence-corrected chi connectivity index (χ1v) is 6.49. The number of hydrogen-bond donors (Lipinski definition) is 1.